The molecule has 0 aliphatic rings. The zero-order valence-electron chi connectivity index (χ0n) is 10.6. The molecule has 0 amide bonds. The van der Waals surface area contributed by atoms with Crippen molar-refractivity contribution in [1.82, 2.24) is 4.98 Å². The Morgan fingerprint density at radius 3 is 2.45 bits per heavy atom. The molecule has 1 aromatic carbocycles. The van der Waals surface area contributed by atoms with Crippen LogP contribution < -0.4 is 9.47 Å². The normalized spacial score (nSPS) is 11.6. The molecular formula is C13H7F6NO2. The summed E-state index contributed by atoms with van der Waals surface area (Å²) in [7, 11) is 0. The third-order valence-electron chi connectivity index (χ3n) is 2.40. The van der Waals surface area contributed by atoms with Crippen LogP contribution in [0.3, 0.4) is 0 Å². The molecule has 1 aromatic heterocycles. The molecule has 0 fully saturated rings. The predicted octanol–water partition coefficient (Wildman–Crippen LogP) is 4.39. The first-order valence-corrected chi connectivity index (χ1v) is 5.71. The molecule has 0 saturated carbocycles. The highest BCUT2D eigenvalue weighted by atomic mass is 19.4. The molecule has 0 bridgehead atoms. The van der Waals surface area contributed by atoms with E-state index < -0.39 is 30.4 Å². The Morgan fingerprint density at radius 1 is 1.09 bits per heavy atom. The van der Waals surface area contributed by atoms with Gasteiger partial charge in [-0.25, -0.2) is 9.37 Å². The highest BCUT2D eigenvalue weighted by Crippen LogP contribution is 2.33. The van der Waals surface area contributed by atoms with Crippen LogP contribution in [0.2, 0.25) is 0 Å². The van der Waals surface area contributed by atoms with Crippen LogP contribution in [-0.2, 0) is 0 Å². The van der Waals surface area contributed by atoms with Gasteiger partial charge in [0.05, 0.1) is 6.20 Å². The van der Waals surface area contributed by atoms with Gasteiger partial charge in [0.25, 0.3) is 0 Å². The highest BCUT2D eigenvalue weighted by molar-refractivity contribution is 5.69. The van der Waals surface area contributed by atoms with Gasteiger partial charge in [-0.3, -0.25) is 0 Å². The number of alkyl halides is 5. The lowest BCUT2D eigenvalue weighted by Gasteiger charge is -2.12. The molecular weight excluding hydrogens is 316 g/mol. The lowest BCUT2D eigenvalue weighted by Crippen LogP contribution is -2.17. The standard InChI is InChI=1S/C13H7F6NO2/c14-8-5-10(11(20-6-8)21-12(15)16)7-2-1-3-9(4-7)22-13(17,18)19/h1-6,12H. The van der Waals surface area contributed by atoms with Gasteiger partial charge in [0.1, 0.15) is 11.6 Å². The van der Waals surface area contributed by atoms with Gasteiger partial charge in [0, 0.05) is 5.56 Å². The fourth-order valence-electron chi connectivity index (χ4n) is 1.67. The van der Waals surface area contributed by atoms with Gasteiger partial charge in [-0.05, 0) is 23.8 Å². The number of benzene rings is 1. The minimum atomic E-state index is -4.92. The molecule has 0 atom stereocenters. The zero-order valence-corrected chi connectivity index (χ0v) is 10.6. The third-order valence-corrected chi connectivity index (χ3v) is 2.40. The number of pyridine rings is 1. The number of rotatable bonds is 4. The molecule has 0 radical (unpaired) electrons. The predicted molar refractivity (Wildman–Crippen MR) is 62.9 cm³/mol. The molecule has 118 valence electrons. The van der Waals surface area contributed by atoms with E-state index in [-0.39, 0.29) is 11.1 Å². The largest absolute Gasteiger partial charge is 0.573 e. The number of ether oxygens (including phenoxy) is 2. The Labute approximate surface area is 120 Å². The molecule has 2 rings (SSSR count). The van der Waals surface area contributed by atoms with Crippen molar-refractivity contribution in [1.29, 1.82) is 0 Å². The van der Waals surface area contributed by atoms with E-state index in [1.165, 1.54) is 12.1 Å². The second kappa shape index (κ2) is 6.12. The highest BCUT2D eigenvalue weighted by Gasteiger charge is 2.31. The van der Waals surface area contributed by atoms with Crippen molar-refractivity contribution in [3.63, 3.8) is 0 Å². The summed E-state index contributed by atoms with van der Waals surface area (Å²) in [5.74, 6) is -2.06. The van der Waals surface area contributed by atoms with Crippen molar-refractivity contribution in [2.75, 3.05) is 0 Å². The lowest BCUT2D eigenvalue weighted by molar-refractivity contribution is -0.274. The van der Waals surface area contributed by atoms with Crippen LogP contribution in [0.1, 0.15) is 0 Å². The van der Waals surface area contributed by atoms with Crippen molar-refractivity contribution in [3.8, 4) is 22.8 Å². The quantitative estimate of drug-likeness (QED) is 0.782. The summed E-state index contributed by atoms with van der Waals surface area (Å²) in [5.41, 5.74) is -0.252. The van der Waals surface area contributed by atoms with Gasteiger partial charge in [0.2, 0.25) is 5.88 Å². The summed E-state index contributed by atoms with van der Waals surface area (Å²) in [6, 6.07) is 5.20. The molecule has 0 saturated heterocycles. The fourth-order valence-corrected chi connectivity index (χ4v) is 1.67. The van der Waals surface area contributed by atoms with Gasteiger partial charge >= 0.3 is 13.0 Å². The van der Waals surface area contributed by atoms with Crippen LogP contribution >= 0.6 is 0 Å². The van der Waals surface area contributed by atoms with Gasteiger partial charge in [-0.2, -0.15) is 8.78 Å². The summed E-state index contributed by atoms with van der Waals surface area (Å²) in [4.78, 5) is 3.36. The van der Waals surface area contributed by atoms with Crippen LogP contribution in [0.15, 0.2) is 36.5 Å². The Morgan fingerprint density at radius 2 is 1.82 bits per heavy atom. The maximum atomic E-state index is 13.2. The summed E-state index contributed by atoms with van der Waals surface area (Å²) in [5, 5.41) is 0. The second-order valence-corrected chi connectivity index (χ2v) is 3.96. The fraction of sp³-hybridized carbons (Fsp3) is 0.154. The first-order chi connectivity index (χ1) is 10.2. The van der Waals surface area contributed by atoms with E-state index in [0.717, 1.165) is 18.2 Å². The van der Waals surface area contributed by atoms with Gasteiger partial charge < -0.3 is 9.47 Å². The monoisotopic (exact) mass is 323 g/mol. The molecule has 22 heavy (non-hydrogen) atoms. The summed E-state index contributed by atoms with van der Waals surface area (Å²) in [6.45, 7) is -3.22. The van der Waals surface area contributed by atoms with Gasteiger partial charge in [0.15, 0.2) is 0 Å². The minimum absolute atomic E-state index is 0.0237. The van der Waals surface area contributed by atoms with E-state index in [9.17, 15) is 26.3 Å². The molecule has 0 N–H and O–H groups in total. The number of nitrogens with zero attached hydrogens (tertiary/aromatic N) is 1. The Hall–Kier alpha value is -2.45. The van der Waals surface area contributed by atoms with Crippen LogP contribution in [0.5, 0.6) is 11.6 Å². The van der Waals surface area contributed by atoms with Crippen molar-refractivity contribution in [2.24, 2.45) is 0 Å². The van der Waals surface area contributed by atoms with Crippen molar-refractivity contribution >= 4 is 0 Å². The van der Waals surface area contributed by atoms with Crippen LogP contribution in [0.25, 0.3) is 11.1 Å². The second-order valence-electron chi connectivity index (χ2n) is 3.96. The van der Waals surface area contributed by atoms with Crippen LogP contribution in [0, 0.1) is 5.82 Å². The van der Waals surface area contributed by atoms with E-state index in [0.29, 0.717) is 6.20 Å². The Balaban J connectivity index is 2.43. The maximum absolute atomic E-state index is 13.2. The Bertz CT molecular complexity index is 659. The molecule has 3 nitrogen and oxygen atoms in total. The van der Waals surface area contributed by atoms with E-state index in [2.05, 4.69) is 14.5 Å². The first-order valence-electron chi connectivity index (χ1n) is 5.71. The number of halogens is 6. The third kappa shape index (κ3) is 4.27. The smallest absolute Gasteiger partial charge is 0.416 e. The molecule has 0 aliphatic heterocycles. The molecule has 0 aliphatic carbocycles. The topological polar surface area (TPSA) is 31.4 Å². The molecule has 2 aromatic rings. The minimum Gasteiger partial charge on any atom is -0.416 e. The summed E-state index contributed by atoms with van der Waals surface area (Å²) in [6.07, 6.45) is -4.27. The van der Waals surface area contributed by atoms with Crippen molar-refractivity contribution in [2.45, 2.75) is 13.0 Å². The lowest BCUT2D eigenvalue weighted by atomic mass is 10.1. The molecule has 9 heteroatoms. The van der Waals surface area contributed by atoms with Gasteiger partial charge in [-0.15, -0.1) is 13.2 Å². The maximum Gasteiger partial charge on any atom is 0.573 e. The Kier molecular flexibility index (Phi) is 4.43. The number of hydrogen-bond acceptors (Lipinski definition) is 3. The number of hydrogen-bond donors (Lipinski definition) is 0. The average Bonchev–Trinajstić information content (AvgIpc) is 2.38. The van der Waals surface area contributed by atoms with Crippen molar-refractivity contribution < 1.29 is 35.8 Å². The average molecular weight is 323 g/mol. The van der Waals surface area contributed by atoms with E-state index in [1.807, 2.05) is 0 Å². The first kappa shape index (κ1) is 15.9. The molecule has 0 unspecified atom stereocenters. The summed E-state index contributed by atoms with van der Waals surface area (Å²) < 4.78 is 82.2. The van der Waals surface area contributed by atoms with Gasteiger partial charge in [-0.1, -0.05) is 12.1 Å². The van der Waals surface area contributed by atoms with Crippen LogP contribution in [-0.4, -0.2) is 18.0 Å². The van der Waals surface area contributed by atoms with Crippen molar-refractivity contribution in [3.05, 3.63) is 42.3 Å². The van der Waals surface area contributed by atoms with E-state index in [4.69, 9.17) is 0 Å². The number of aromatic nitrogens is 1. The zero-order chi connectivity index (χ0) is 16.3. The summed E-state index contributed by atoms with van der Waals surface area (Å²) >= 11 is 0. The molecule has 0 spiro atoms. The van der Waals surface area contributed by atoms with Crippen LogP contribution in [0.4, 0.5) is 26.3 Å². The van der Waals surface area contributed by atoms with E-state index in [1.54, 1.807) is 0 Å². The SMILES string of the molecule is Fc1cnc(OC(F)F)c(-c2cccc(OC(F)(F)F)c2)c1. The molecule has 1 heterocycles. The van der Waals surface area contributed by atoms with E-state index >= 15 is 0 Å².